The van der Waals surface area contributed by atoms with Crippen molar-refractivity contribution in [2.24, 2.45) is 0 Å². The molecule has 3 rings (SSSR count). The van der Waals surface area contributed by atoms with Crippen molar-refractivity contribution in [2.75, 3.05) is 0 Å². The van der Waals surface area contributed by atoms with Crippen LogP contribution < -0.4 is 0 Å². The Labute approximate surface area is 248 Å². The van der Waals surface area contributed by atoms with Gasteiger partial charge in [-0.3, -0.25) is 0 Å². The van der Waals surface area contributed by atoms with Gasteiger partial charge in [-0.2, -0.15) is 0 Å². The zero-order valence-corrected chi connectivity index (χ0v) is 26.1. The van der Waals surface area contributed by atoms with E-state index in [0.717, 1.165) is 12.8 Å². The van der Waals surface area contributed by atoms with Crippen molar-refractivity contribution in [2.45, 2.75) is 142 Å². The molecule has 0 spiro atoms. The van der Waals surface area contributed by atoms with Gasteiger partial charge in [0.05, 0.1) is 0 Å². The van der Waals surface area contributed by atoms with Crippen LogP contribution in [-0.4, -0.2) is 0 Å². The first-order chi connectivity index (χ1) is 19.8. The van der Waals surface area contributed by atoms with Gasteiger partial charge in [-0.15, -0.1) is 0 Å². The second-order valence-corrected chi connectivity index (χ2v) is 12.1. The van der Waals surface area contributed by atoms with Crippen molar-refractivity contribution < 1.29 is 0 Å². The molecule has 0 atom stereocenters. The van der Waals surface area contributed by atoms with Crippen molar-refractivity contribution in [3.63, 3.8) is 0 Å². The first-order valence-corrected chi connectivity index (χ1v) is 17.0. The molecule has 3 aromatic carbocycles. The van der Waals surface area contributed by atoms with E-state index in [2.05, 4.69) is 86.6 Å². The Morgan fingerprint density at radius 1 is 0.300 bits per heavy atom. The zero-order valence-electron chi connectivity index (χ0n) is 26.1. The van der Waals surface area contributed by atoms with Crippen LogP contribution in [0.15, 0.2) is 72.8 Å². The highest BCUT2D eigenvalue weighted by Crippen LogP contribution is 2.24. The van der Waals surface area contributed by atoms with Crippen LogP contribution in [0, 0.1) is 0 Å². The van der Waals surface area contributed by atoms with Crippen LogP contribution in [0.25, 0.3) is 0 Å². The molecular weight excluding hydrogens is 480 g/mol. The lowest BCUT2D eigenvalue weighted by atomic mass is 9.90. The van der Waals surface area contributed by atoms with Gasteiger partial charge in [-0.05, 0) is 71.9 Å². The fraction of sp³-hybridized carbons (Fsp3) is 0.550. The average Bonchev–Trinajstić information content (AvgIpc) is 2.98. The van der Waals surface area contributed by atoms with Gasteiger partial charge in [0, 0.05) is 0 Å². The van der Waals surface area contributed by atoms with Crippen LogP contribution in [0.2, 0.25) is 0 Å². The number of hydrogen-bond donors (Lipinski definition) is 0. The Morgan fingerprint density at radius 2 is 0.550 bits per heavy atom. The number of aryl methyl sites for hydroxylation is 2. The fourth-order valence-electron chi connectivity index (χ4n) is 6.16. The topological polar surface area (TPSA) is 0 Å². The summed E-state index contributed by atoms with van der Waals surface area (Å²) in [4.78, 5) is 0. The van der Waals surface area contributed by atoms with Crippen LogP contribution >= 0.6 is 0 Å². The highest BCUT2D eigenvalue weighted by molar-refractivity contribution is 5.40. The van der Waals surface area contributed by atoms with Crippen molar-refractivity contribution in [1.29, 1.82) is 0 Å². The predicted octanol–water partition coefficient (Wildman–Crippen LogP) is 12.2. The summed E-state index contributed by atoms with van der Waals surface area (Å²) in [5.74, 6) is 0. The Morgan fingerprint density at radius 3 is 0.875 bits per heavy atom. The van der Waals surface area contributed by atoms with Crippen LogP contribution in [0.5, 0.6) is 0 Å². The van der Waals surface area contributed by atoms with Crippen LogP contribution in [-0.2, 0) is 25.7 Å². The first kappa shape index (κ1) is 32.2. The normalized spacial score (nSPS) is 11.2. The van der Waals surface area contributed by atoms with E-state index >= 15 is 0 Å². The molecule has 0 radical (unpaired) electrons. The Kier molecular flexibility index (Phi) is 16.5. The fourth-order valence-corrected chi connectivity index (χ4v) is 6.16. The third-order valence-corrected chi connectivity index (χ3v) is 8.72. The molecule has 3 aromatic rings. The Bertz CT molecular complexity index is 961. The maximum Gasteiger partial charge on any atom is -0.00202 e. The molecule has 0 nitrogen and oxygen atoms in total. The minimum atomic E-state index is 1.05. The van der Waals surface area contributed by atoms with Gasteiger partial charge >= 0.3 is 0 Å². The van der Waals surface area contributed by atoms with Crippen molar-refractivity contribution in [1.82, 2.24) is 0 Å². The summed E-state index contributed by atoms with van der Waals surface area (Å²) in [7, 11) is 0. The summed E-state index contributed by atoms with van der Waals surface area (Å²) < 4.78 is 0. The quantitative estimate of drug-likeness (QED) is 0.112. The summed E-state index contributed by atoms with van der Waals surface area (Å²) in [6.45, 7) is 4.60. The molecule has 0 heterocycles. The molecule has 218 valence electrons. The predicted molar refractivity (Wildman–Crippen MR) is 178 cm³/mol. The molecule has 0 aliphatic carbocycles. The van der Waals surface area contributed by atoms with E-state index in [1.807, 2.05) is 0 Å². The average molecular weight is 539 g/mol. The minimum absolute atomic E-state index is 1.05. The number of hydrogen-bond acceptors (Lipinski definition) is 0. The molecule has 0 aliphatic heterocycles. The van der Waals surface area contributed by atoms with Gasteiger partial charge in [0.15, 0.2) is 0 Å². The molecule has 0 unspecified atom stereocenters. The van der Waals surface area contributed by atoms with Gasteiger partial charge < -0.3 is 0 Å². The van der Waals surface area contributed by atoms with E-state index in [1.54, 1.807) is 11.1 Å². The summed E-state index contributed by atoms with van der Waals surface area (Å²) in [6.07, 6.45) is 26.7. The highest BCUT2D eigenvalue weighted by atomic mass is 14.1. The summed E-state index contributed by atoms with van der Waals surface area (Å²) in [6, 6.07) is 27.6. The molecular formula is C40H58. The van der Waals surface area contributed by atoms with E-state index in [0.29, 0.717) is 0 Å². The molecule has 0 saturated carbocycles. The molecule has 0 bridgehead atoms. The first-order valence-electron chi connectivity index (χ1n) is 17.0. The summed E-state index contributed by atoms with van der Waals surface area (Å²) >= 11 is 0. The highest BCUT2D eigenvalue weighted by Gasteiger charge is 2.10. The van der Waals surface area contributed by atoms with Gasteiger partial charge in [0.2, 0.25) is 0 Å². The number of unbranched alkanes of at least 4 members (excludes halogenated alkanes) is 14. The minimum Gasteiger partial charge on any atom is -0.0654 e. The molecule has 40 heavy (non-hydrogen) atoms. The largest absolute Gasteiger partial charge is 0.0654 e. The van der Waals surface area contributed by atoms with Crippen molar-refractivity contribution >= 4 is 0 Å². The van der Waals surface area contributed by atoms with Crippen LogP contribution in [0.1, 0.15) is 150 Å². The molecule has 0 aromatic heterocycles. The number of benzene rings is 3. The molecule has 0 heteroatoms. The van der Waals surface area contributed by atoms with Gasteiger partial charge in [-0.25, -0.2) is 0 Å². The van der Waals surface area contributed by atoms with Gasteiger partial charge in [0.1, 0.15) is 0 Å². The van der Waals surface area contributed by atoms with Crippen LogP contribution in [0.3, 0.4) is 0 Å². The smallest absolute Gasteiger partial charge is 0.00202 e. The third-order valence-electron chi connectivity index (χ3n) is 8.72. The van der Waals surface area contributed by atoms with Gasteiger partial charge in [0.25, 0.3) is 0 Å². The molecule has 0 N–H and O–H groups in total. The zero-order chi connectivity index (χ0) is 28.1. The maximum absolute atomic E-state index is 2.37. The maximum atomic E-state index is 2.37. The van der Waals surface area contributed by atoms with Crippen molar-refractivity contribution in [3.8, 4) is 0 Å². The Balaban J connectivity index is 1.53. The molecule has 0 aliphatic rings. The summed E-state index contributed by atoms with van der Waals surface area (Å²) in [5.41, 5.74) is 9.13. The van der Waals surface area contributed by atoms with Crippen molar-refractivity contribution in [3.05, 3.63) is 106 Å². The summed E-state index contributed by atoms with van der Waals surface area (Å²) in [5, 5.41) is 0. The second-order valence-electron chi connectivity index (χ2n) is 12.1. The lowest BCUT2D eigenvalue weighted by Gasteiger charge is -2.15. The van der Waals surface area contributed by atoms with E-state index < -0.39 is 0 Å². The Hall–Kier alpha value is -2.34. The van der Waals surface area contributed by atoms with E-state index in [4.69, 9.17) is 0 Å². The second kappa shape index (κ2) is 20.5. The lowest BCUT2D eigenvalue weighted by molar-refractivity contribution is 0.575. The number of rotatable bonds is 22. The standard InChI is InChI=1S/C40H58/c1-3-5-7-9-11-13-15-17-25-35-27-19-21-29-37(35)33-39-31-23-24-32-40(39)34-38-30-22-20-28-36(38)26-18-16-14-12-10-8-6-4-2/h19-24,27-32H,3-18,25-26,33-34H2,1-2H3. The monoisotopic (exact) mass is 538 g/mol. The van der Waals surface area contributed by atoms with E-state index in [9.17, 15) is 0 Å². The van der Waals surface area contributed by atoms with E-state index in [1.165, 1.54) is 138 Å². The molecule has 0 saturated heterocycles. The van der Waals surface area contributed by atoms with E-state index in [-0.39, 0.29) is 0 Å². The lowest BCUT2D eigenvalue weighted by Crippen LogP contribution is -2.02. The third kappa shape index (κ3) is 12.4. The molecule has 0 amide bonds. The SMILES string of the molecule is CCCCCCCCCCc1ccccc1Cc1ccccc1Cc1ccccc1CCCCCCCCCC. The molecule has 0 fully saturated rings. The van der Waals surface area contributed by atoms with Gasteiger partial charge in [-0.1, -0.05) is 177 Å². The van der Waals surface area contributed by atoms with Crippen LogP contribution in [0.4, 0.5) is 0 Å².